The van der Waals surface area contributed by atoms with E-state index in [1.807, 2.05) is 0 Å². The second-order valence-electron chi connectivity index (χ2n) is 5.28. The molecule has 0 spiro atoms. The Balaban J connectivity index is 1.78. The highest BCUT2D eigenvalue weighted by molar-refractivity contribution is 4.97. The first kappa shape index (κ1) is 10.4. The molecule has 1 saturated heterocycles. The third kappa shape index (κ3) is 2.12. The average Bonchev–Trinajstić information content (AvgIpc) is 2.90. The number of hydrogen-bond acceptors (Lipinski definition) is 2. The van der Waals surface area contributed by atoms with E-state index in [-0.39, 0.29) is 0 Å². The molecule has 2 aliphatic rings. The predicted molar refractivity (Wildman–Crippen MR) is 60.1 cm³/mol. The van der Waals surface area contributed by atoms with Gasteiger partial charge in [0.25, 0.3) is 0 Å². The molecule has 4 unspecified atom stereocenters. The number of hydrogen-bond donors (Lipinski definition) is 1. The van der Waals surface area contributed by atoms with Crippen molar-refractivity contribution in [2.75, 3.05) is 13.1 Å². The van der Waals surface area contributed by atoms with E-state index in [1.165, 1.54) is 38.8 Å². The maximum Gasteiger partial charge on any atom is 0.0127 e. The molecule has 0 radical (unpaired) electrons. The molecular weight excluding hydrogens is 172 g/mol. The first-order valence-corrected chi connectivity index (χ1v) is 6.22. The van der Waals surface area contributed by atoms with Gasteiger partial charge in [0.2, 0.25) is 0 Å². The minimum Gasteiger partial charge on any atom is -0.327 e. The third-order valence-corrected chi connectivity index (χ3v) is 4.02. The molecule has 2 fully saturated rings. The Hall–Kier alpha value is -0.0800. The molecule has 2 N–H and O–H groups in total. The normalized spacial score (nSPS) is 43.9. The van der Waals surface area contributed by atoms with Crippen molar-refractivity contribution in [2.24, 2.45) is 17.6 Å². The number of likely N-dealkylation sites (tertiary alicyclic amines) is 1. The molecule has 1 aliphatic heterocycles. The van der Waals surface area contributed by atoms with E-state index in [9.17, 15) is 0 Å². The second-order valence-corrected chi connectivity index (χ2v) is 5.28. The van der Waals surface area contributed by atoms with Gasteiger partial charge in [0.15, 0.2) is 0 Å². The molecule has 1 aliphatic carbocycles. The first-order chi connectivity index (χ1) is 6.72. The monoisotopic (exact) mass is 196 g/mol. The molecule has 1 heterocycles. The van der Waals surface area contributed by atoms with Gasteiger partial charge in [-0.3, -0.25) is 4.90 Å². The third-order valence-electron chi connectivity index (χ3n) is 4.02. The molecule has 0 aromatic heterocycles. The summed E-state index contributed by atoms with van der Waals surface area (Å²) >= 11 is 0. The summed E-state index contributed by atoms with van der Waals surface area (Å²) in [6, 6.07) is 1.37. The number of nitrogens with zero attached hydrogens (tertiary/aromatic N) is 1. The molecule has 2 heteroatoms. The lowest BCUT2D eigenvalue weighted by Gasteiger charge is -2.35. The van der Waals surface area contributed by atoms with Crippen molar-refractivity contribution in [3.05, 3.63) is 0 Å². The summed E-state index contributed by atoms with van der Waals surface area (Å²) in [6.45, 7) is 7.08. The van der Waals surface area contributed by atoms with Crippen LogP contribution in [0, 0.1) is 11.8 Å². The molecular formula is C12H24N2. The van der Waals surface area contributed by atoms with Gasteiger partial charge in [0.1, 0.15) is 0 Å². The number of rotatable bonds is 3. The summed E-state index contributed by atoms with van der Waals surface area (Å²) in [5.41, 5.74) is 6.03. The fourth-order valence-corrected chi connectivity index (χ4v) is 2.86. The van der Waals surface area contributed by atoms with Crippen LogP contribution >= 0.6 is 0 Å². The molecule has 82 valence electrons. The lowest BCUT2D eigenvalue weighted by molar-refractivity contribution is 0.149. The summed E-state index contributed by atoms with van der Waals surface area (Å²) in [4.78, 5) is 2.69. The Kier molecular flexibility index (Phi) is 3.13. The van der Waals surface area contributed by atoms with Crippen molar-refractivity contribution in [3.63, 3.8) is 0 Å². The van der Waals surface area contributed by atoms with Crippen molar-refractivity contribution in [1.82, 2.24) is 4.90 Å². The standard InChI is InChI=1S/C12H24N2/c1-3-4-10-7-12(10)14-6-5-11(13)9(2)8-14/h9-12H,3-8,13H2,1-2H3. The average molecular weight is 196 g/mol. The lowest BCUT2D eigenvalue weighted by atomic mass is 9.94. The van der Waals surface area contributed by atoms with Gasteiger partial charge >= 0.3 is 0 Å². The summed E-state index contributed by atoms with van der Waals surface area (Å²) in [7, 11) is 0. The largest absolute Gasteiger partial charge is 0.327 e. The van der Waals surface area contributed by atoms with E-state index in [0.717, 1.165) is 12.0 Å². The van der Waals surface area contributed by atoms with E-state index in [2.05, 4.69) is 18.7 Å². The summed E-state index contributed by atoms with van der Waals surface area (Å²) in [5.74, 6) is 1.72. The zero-order chi connectivity index (χ0) is 10.1. The summed E-state index contributed by atoms with van der Waals surface area (Å²) < 4.78 is 0. The Labute approximate surface area is 87.8 Å². The van der Waals surface area contributed by atoms with Crippen LogP contribution in [0.4, 0.5) is 0 Å². The van der Waals surface area contributed by atoms with E-state index in [0.29, 0.717) is 12.0 Å². The molecule has 14 heavy (non-hydrogen) atoms. The van der Waals surface area contributed by atoms with Crippen LogP contribution in [0.3, 0.4) is 0 Å². The van der Waals surface area contributed by atoms with Crippen molar-refractivity contribution >= 4 is 0 Å². The zero-order valence-electron chi connectivity index (χ0n) is 9.58. The fraction of sp³-hybridized carbons (Fsp3) is 1.00. The van der Waals surface area contributed by atoms with Crippen LogP contribution in [-0.2, 0) is 0 Å². The maximum absolute atomic E-state index is 6.03. The van der Waals surface area contributed by atoms with Crippen molar-refractivity contribution in [1.29, 1.82) is 0 Å². The Morgan fingerprint density at radius 1 is 1.43 bits per heavy atom. The van der Waals surface area contributed by atoms with Gasteiger partial charge in [-0.1, -0.05) is 20.3 Å². The Morgan fingerprint density at radius 3 is 2.86 bits per heavy atom. The quantitative estimate of drug-likeness (QED) is 0.746. The molecule has 0 aromatic rings. The predicted octanol–water partition coefficient (Wildman–Crippen LogP) is 1.84. The van der Waals surface area contributed by atoms with Crippen LogP contribution in [-0.4, -0.2) is 30.1 Å². The molecule has 0 amide bonds. The fourth-order valence-electron chi connectivity index (χ4n) is 2.86. The van der Waals surface area contributed by atoms with Crippen LogP contribution < -0.4 is 5.73 Å². The molecule has 1 saturated carbocycles. The van der Waals surface area contributed by atoms with Crippen LogP contribution in [0.15, 0.2) is 0 Å². The van der Waals surface area contributed by atoms with E-state index < -0.39 is 0 Å². The molecule has 0 bridgehead atoms. The van der Waals surface area contributed by atoms with Gasteiger partial charge in [0, 0.05) is 18.6 Å². The number of piperidine rings is 1. The van der Waals surface area contributed by atoms with Crippen LogP contribution in [0.1, 0.15) is 39.5 Å². The zero-order valence-corrected chi connectivity index (χ0v) is 9.58. The Morgan fingerprint density at radius 2 is 2.21 bits per heavy atom. The first-order valence-electron chi connectivity index (χ1n) is 6.22. The minimum absolute atomic E-state index is 0.453. The molecule has 0 aromatic carbocycles. The van der Waals surface area contributed by atoms with Crippen molar-refractivity contribution in [2.45, 2.75) is 51.6 Å². The topological polar surface area (TPSA) is 29.3 Å². The minimum atomic E-state index is 0.453. The van der Waals surface area contributed by atoms with Crippen molar-refractivity contribution in [3.8, 4) is 0 Å². The van der Waals surface area contributed by atoms with Gasteiger partial charge in [-0.25, -0.2) is 0 Å². The molecule has 4 atom stereocenters. The van der Waals surface area contributed by atoms with Gasteiger partial charge in [-0.2, -0.15) is 0 Å². The summed E-state index contributed by atoms with van der Waals surface area (Å²) in [6.07, 6.45) is 5.44. The van der Waals surface area contributed by atoms with Gasteiger partial charge in [-0.15, -0.1) is 0 Å². The molecule has 2 rings (SSSR count). The van der Waals surface area contributed by atoms with Crippen LogP contribution in [0.2, 0.25) is 0 Å². The van der Waals surface area contributed by atoms with Crippen LogP contribution in [0.25, 0.3) is 0 Å². The van der Waals surface area contributed by atoms with Gasteiger partial charge < -0.3 is 5.73 Å². The van der Waals surface area contributed by atoms with Gasteiger partial charge in [0.05, 0.1) is 0 Å². The Bertz CT molecular complexity index is 193. The smallest absolute Gasteiger partial charge is 0.0127 e. The lowest BCUT2D eigenvalue weighted by Crippen LogP contribution is -2.47. The second kappa shape index (κ2) is 4.19. The van der Waals surface area contributed by atoms with Gasteiger partial charge in [-0.05, 0) is 37.6 Å². The van der Waals surface area contributed by atoms with E-state index in [1.54, 1.807) is 0 Å². The van der Waals surface area contributed by atoms with Crippen LogP contribution in [0.5, 0.6) is 0 Å². The summed E-state index contributed by atoms with van der Waals surface area (Å²) in [5, 5.41) is 0. The van der Waals surface area contributed by atoms with Crippen molar-refractivity contribution < 1.29 is 0 Å². The van der Waals surface area contributed by atoms with E-state index >= 15 is 0 Å². The number of nitrogens with two attached hydrogens (primary N) is 1. The highest BCUT2D eigenvalue weighted by Crippen LogP contribution is 2.40. The highest BCUT2D eigenvalue weighted by Gasteiger charge is 2.42. The SMILES string of the molecule is CCCC1CC1N1CCC(N)C(C)C1. The molecule has 2 nitrogen and oxygen atoms in total. The maximum atomic E-state index is 6.03. The highest BCUT2D eigenvalue weighted by atomic mass is 15.2. The van der Waals surface area contributed by atoms with E-state index in [4.69, 9.17) is 5.73 Å².